The van der Waals surface area contributed by atoms with Gasteiger partial charge in [0.1, 0.15) is 17.7 Å². The molecule has 33 heavy (non-hydrogen) atoms. The zero-order chi connectivity index (χ0) is 23.4. The summed E-state index contributed by atoms with van der Waals surface area (Å²) in [4.78, 5) is 24.5. The first-order chi connectivity index (χ1) is 15.9. The molecular weight excluding hydrogens is 431 g/mol. The van der Waals surface area contributed by atoms with Gasteiger partial charge in [-0.25, -0.2) is 9.18 Å². The standard InChI is InChI=1S/C22H23FN6O4/c1-13(30)25-11-18-12-29(22(32)33-18)17-6-19(23)21(20(31)7-17)15-4-2-14(3-5-15)8-24-9-16-10-26-28-27-16/h2-7,10,18,24,31H,8-9,11-12H2,1H3,(H,25,30)(H,26,27,28)/t18-/m0/s1. The summed E-state index contributed by atoms with van der Waals surface area (Å²) in [5.41, 5.74) is 2.50. The molecule has 1 atom stereocenters. The number of anilines is 1. The Hall–Kier alpha value is -3.99. The van der Waals surface area contributed by atoms with Gasteiger partial charge in [-0.15, -0.1) is 0 Å². The van der Waals surface area contributed by atoms with Gasteiger partial charge in [-0.3, -0.25) is 9.69 Å². The van der Waals surface area contributed by atoms with Crippen LogP contribution in [0, 0.1) is 5.82 Å². The zero-order valence-electron chi connectivity index (χ0n) is 17.8. The highest BCUT2D eigenvalue weighted by Gasteiger charge is 2.33. The molecule has 11 heteroatoms. The third kappa shape index (κ3) is 5.26. The highest BCUT2D eigenvalue weighted by Crippen LogP contribution is 2.37. The first-order valence-corrected chi connectivity index (χ1v) is 10.3. The number of ether oxygens (including phenoxy) is 1. The van der Waals surface area contributed by atoms with Crippen molar-refractivity contribution in [3.8, 4) is 16.9 Å². The minimum atomic E-state index is -0.667. The van der Waals surface area contributed by atoms with Gasteiger partial charge in [0.2, 0.25) is 5.91 Å². The number of phenols is 1. The van der Waals surface area contributed by atoms with Crippen LogP contribution in [0.2, 0.25) is 0 Å². The highest BCUT2D eigenvalue weighted by atomic mass is 19.1. The molecule has 4 rings (SSSR count). The molecule has 4 N–H and O–H groups in total. The summed E-state index contributed by atoms with van der Waals surface area (Å²) >= 11 is 0. The predicted octanol–water partition coefficient (Wildman–Crippen LogP) is 2.07. The molecule has 2 aromatic carbocycles. The molecule has 10 nitrogen and oxygen atoms in total. The molecule has 1 saturated heterocycles. The molecule has 0 radical (unpaired) electrons. The number of H-pyrrole nitrogens is 1. The number of carbonyl (C=O) groups is 2. The lowest BCUT2D eigenvalue weighted by Gasteiger charge is -2.16. The van der Waals surface area contributed by atoms with Crippen molar-refractivity contribution in [3.63, 3.8) is 0 Å². The number of nitrogens with one attached hydrogen (secondary N) is 3. The van der Waals surface area contributed by atoms with E-state index in [1.807, 2.05) is 12.1 Å². The largest absolute Gasteiger partial charge is 0.507 e. The lowest BCUT2D eigenvalue weighted by Crippen LogP contribution is -2.33. The fourth-order valence-corrected chi connectivity index (χ4v) is 3.55. The smallest absolute Gasteiger partial charge is 0.414 e. The van der Waals surface area contributed by atoms with Gasteiger partial charge >= 0.3 is 6.09 Å². The molecule has 2 amide bonds. The Balaban J connectivity index is 1.43. The predicted molar refractivity (Wildman–Crippen MR) is 117 cm³/mol. The van der Waals surface area contributed by atoms with Crippen LogP contribution < -0.4 is 15.5 Å². The number of amides is 2. The van der Waals surface area contributed by atoms with E-state index in [0.717, 1.165) is 11.3 Å². The van der Waals surface area contributed by atoms with Crippen molar-refractivity contribution >= 4 is 17.7 Å². The summed E-state index contributed by atoms with van der Waals surface area (Å²) in [6, 6.07) is 9.63. The number of rotatable bonds is 8. The Morgan fingerprint density at radius 3 is 2.76 bits per heavy atom. The fraction of sp³-hybridized carbons (Fsp3) is 0.273. The van der Waals surface area contributed by atoms with Crippen molar-refractivity contribution in [2.24, 2.45) is 0 Å². The summed E-state index contributed by atoms with van der Waals surface area (Å²) in [6.45, 7) is 2.79. The average Bonchev–Trinajstić information content (AvgIpc) is 3.42. The van der Waals surface area contributed by atoms with Crippen LogP contribution in [-0.2, 0) is 22.6 Å². The van der Waals surface area contributed by atoms with Gasteiger partial charge in [0, 0.05) is 26.1 Å². The van der Waals surface area contributed by atoms with Gasteiger partial charge in [-0.1, -0.05) is 24.3 Å². The second kappa shape index (κ2) is 9.65. The lowest BCUT2D eigenvalue weighted by molar-refractivity contribution is -0.119. The van der Waals surface area contributed by atoms with Crippen molar-refractivity contribution in [2.45, 2.75) is 26.1 Å². The van der Waals surface area contributed by atoms with Crippen molar-refractivity contribution in [3.05, 3.63) is 59.7 Å². The van der Waals surface area contributed by atoms with Crippen LogP contribution in [0.15, 0.2) is 42.6 Å². The van der Waals surface area contributed by atoms with Crippen LogP contribution in [0.25, 0.3) is 11.1 Å². The Bertz CT molecular complexity index is 1110. The quantitative estimate of drug-likeness (QED) is 0.410. The van der Waals surface area contributed by atoms with E-state index < -0.39 is 18.0 Å². The van der Waals surface area contributed by atoms with E-state index in [1.54, 1.807) is 18.3 Å². The van der Waals surface area contributed by atoms with E-state index in [-0.39, 0.29) is 36.0 Å². The zero-order valence-corrected chi connectivity index (χ0v) is 17.8. The van der Waals surface area contributed by atoms with Gasteiger partial charge < -0.3 is 20.5 Å². The second-order valence-corrected chi connectivity index (χ2v) is 7.64. The Kier molecular flexibility index (Phi) is 6.50. The molecule has 0 saturated carbocycles. The second-order valence-electron chi connectivity index (χ2n) is 7.64. The molecule has 0 spiro atoms. The van der Waals surface area contributed by atoms with Crippen molar-refractivity contribution in [1.82, 2.24) is 26.0 Å². The average molecular weight is 454 g/mol. The molecule has 0 unspecified atom stereocenters. The van der Waals surface area contributed by atoms with Crippen molar-refractivity contribution in [2.75, 3.05) is 18.0 Å². The summed E-state index contributed by atoms with van der Waals surface area (Å²) < 4.78 is 20.2. The number of nitrogens with zero attached hydrogens (tertiary/aromatic N) is 3. The molecule has 1 aliphatic rings. The van der Waals surface area contributed by atoms with E-state index in [9.17, 15) is 19.1 Å². The van der Waals surface area contributed by atoms with Crippen LogP contribution in [-0.4, -0.2) is 51.7 Å². The number of carbonyl (C=O) groups excluding carboxylic acids is 2. The number of hydrogen-bond donors (Lipinski definition) is 4. The van der Waals surface area contributed by atoms with Crippen LogP contribution in [0.4, 0.5) is 14.9 Å². The number of aromatic amines is 1. The van der Waals surface area contributed by atoms with Crippen LogP contribution in [0.3, 0.4) is 0 Å². The van der Waals surface area contributed by atoms with Crippen LogP contribution in [0.1, 0.15) is 18.2 Å². The van der Waals surface area contributed by atoms with E-state index >= 15 is 0 Å². The van der Waals surface area contributed by atoms with E-state index in [4.69, 9.17) is 4.74 Å². The number of hydrogen-bond acceptors (Lipinski definition) is 7. The summed E-state index contributed by atoms with van der Waals surface area (Å²) in [5, 5.41) is 26.6. The van der Waals surface area contributed by atoms with Crippen LogP contribution in [0.5, 0.6) is 5.75 Å². The molecule has 0 aliphatic carbocycles. The Morgan fingerprint density at radius 2 is 2.09 bits per heavy atom. The van der Waals surface area contributed by atoms with Gasteiger partial charge in [0.25, 0.3) is 0 Å². The number of halogens is 1. The number of benzene rings is 2. The van der Waals surface area contributed by atoms with Crippen LogP contribution >= 0.6 is 0 Å². The Labute approximate surface area is 188 Å². The third-order valence-corrected chi connectivity index (χ3v) is 5.16. The lowest BCUT2D eigenvalue weighted by atomic mass is 10.0. The minimum absolute atomic E-state index is 0.0446. The molecular formula is C22H23FN6O4. The molecule has 0 bridgehead atoms. The number of aromatic hydroxyl groups is 1. The first-order valence-electron chi connectivity index (χ1n) is 10.3. The Morgan fingerprint density at radius 1 is 1.30 bits per heavy atom. The molecule has 172 valence electrons. The number of cyclic esters (lactones) is 1. The maximum atomic E-state index is 15.0. The summed E-state index contributed by atoms with van der Waals surface area (Å²) in [6.07, 6.45) is 0.409. The van der Waals surface area contributed by atoms with E-state index in [2.05, 4.69) is 26.0 Å². The monoisotopic (exact) mass is 454 g/mol. The molecule has 1 aliphatic heterocycles. The molecule has 2 heterocycles. The molecule has 1 fully saturated rings. The normalized spacial score (nSPS) is 15.5. The van der Waals surface area contributed by atoms with Crippen molar-refractivity contribution in [1.29, 1.82) is 0 Å². The number of phenolic OH excluding ortho intramolecular Hbond substituents is 1. The van der Waals surface area contributed by atoms with Crippen molar-refractivity contribution < 1.29 is 23.8 Å². The summed E-state index contributed by atoms with van der Waals surface area (Å²) in [5.74, 6) is -1.20. The minimum Gasteiger partial charge on any atom is -0.507 e. The highest BCUT2D eigenvalue weighted by molar-refractivity contribution is 5.91. The molecule has 1 aromatic heterocycles. The van der Waals surface area contributed by atoms with Gasteiger partial charge in [0.15, 0.2) is 0 Å². The van der Waals surface area contributed by atoms with E-state index in [1.165, 1.54) is 24.0 Å². The fourth-order valence-electron chi connectivity index (χ4n) is 3.55. The third-order valence-electron chi connectivity index (χ3n) is 5.16. The van der Waals surface area contributed by atoms with Gasteiger partial charge in [0.05, 0.1) is 36.2 Å². The maximum Gasteiger partial charge on any atom is 0.414 e. The SMILES string of the molecule is CC(=O)NC[C@H]1CN(c2cc(O)c(-c3ccc(CNCc4cn[nH]n4)cc3)c(F)c2)C(=O)O1. The van der Waals surface area contributed by atoms with E-state index in [0.29, 0.717) is 18.7 Å². The first kappa shape index (κ1) is 22.2. The summed E-state index contributed by atoms with van der Waals surface area (Å²) in [7, 11) is 0. The molecule has 3 aromatic rings. The van der Waals surface area contributed by atoms with Gasteiger partial charge in [-0.2, -0.15) is 15.4 Å². The number of aromatic nitrogens is 3. The topological polar surface area (TPSA) is 132 Å². The van der Waals surface area contributed by atoms with Gasteiger partial charge in [-0.05, 0) is 17.2 Å². The maximum absolute atomic E-state index is 15.0.